The summed E-state index contributed by atoms with van der Waals surface area (Å²) < 4.78 is 79.9. The molecule has 0 N–H and O–H groups in total. The first-order valence-corrected chi connectivity index (χ1v) is 12.5. The lowest BCUT2D eigenvalue weighted by molar-refractivity contribution is -0.138. The monoisotopic (exact) mass is 499 g/mol. The van der Waals surface area contributed by atoms with Gasteiger partial charge in [0.15, 0.2) is 0 Å². The number of para-hydroxylation sites is 1. The summed E-state index contributed by atoms with van der Waals surface area (Å²) in [6.45, 7) is 1.99. The van der Waals surface area contributed by atoms with Gasteiger partial charge in [0, 0.05) is 45.2 Å². The second-order valence-electron chi connectivity index (χ2n) is 8.47. The largest absolute Gasteiger partial charge is 0.416 e. The molecule has 2 aliphatic heterocycles. The Labute approximate surface area is 195 Å². The Morgan fingerprint density at radius 2 is 1.53 bits per heavy atom. The van der Waals surface area contributed by atoms with E-state index in [0.717, 1.165) is 22.5 Å². The second kappa shape index (κ2) is 9.53. The fraction of sp³-hybridized carbons (Fsp3) is 0.435. The third kappa shape index (κ3) is 5.05. The molecule has 2 heterocycles. The number of piperidine rings is 1. The van der Waals surface area contributed by atoms with Crippen LogP contribution in [0.4, 0.5) is 23.2 Å². The summed E-state index contributed by atoms with van der Waals surface area (Å²) in [6.07, 6.45) is -4.05. The van der Waals surface area contributed by atoms with Gasteiger partial charge >= 0.3 is 6.18 Å². The molecular formula is C23H25F4N3O3S. The van der Waals surface area contributed by atoms with E-state index in [1.165, 1.54) is 6.07 Å². The van der Waals surface area contributed by atoms with Crippen molar-refractivity contribution < 1.29 is 30.8 Å². The molecule has 0 bridgehead atoms. The minimum Gasteiger partial charge on any atom is -0.366 e. The van der Waals surface area contributed by atoms with Gasteiger partial charge in [-0.2, -0.15) is 17.5 Å². The van der Waals surface area contributed by atoms with Gasteiger partial charge in [0.2, 0.25) is 15.9 Å². The van der Waals surface area contributed by atoms with E-state index in [9.17, 15) is 30.8 Å². The van der Waals surface area contributed by atoms with Crippen molar-refractivity contribution in [3.05, 3.63) is 59.9 Å². The molecule has 0 unspecified atom stereocenters. The molecule has 11 heteroatoms. The lowest BCUT2D eigenvalue weighted by atomic mass is 9.96. The normalized spacial score (nSPS) is 18.8. The summed E-state index contributed by atoms with van der Waals surface area (Å²) in [5.41, 5.74) is -0.518. The molecule has 184 valence electrons. The van der Waals surface area contributed by atoms with Crippen molar-refractivity contribution in [3.63, 3.8) is 0 Å². The van der Waals surface area contributed by atoms with Gasteiger partial charge in [-0.1, -0.05) is 18.2 Å². The van der Waals surface area contributed by atoms with Crippen molar-refractivity contribution in [1.29, 1.82) is 0 Å². The molecular weight excluding hydrogens is 474 g/mol. The van der Waals surface area contributed by atoms with E-state index < -0.39 is 26.7 Å². The number of amides is 1. The quantitative estimate of drug-likeness (QED) is 0.604. The number of hydrogen-bond donors (Lipinski definition) is 0. The standard InChI is InChI=1S/C23H25F4N3O3S/c24-20-6-1-2-7-21(20)28-12-14-29(15-13-28)22(31)17-8-10-30(11-9-17)34(32,33)19-5-3-4-18(16-19)23(25,26)27/h1-7,16-17H,8-15H2. The average molecular weight is 500 g/mol. The van der Waals surface area contributed by atoms with Crippen LogP contribution in [0.3, 0.4) is 0 Å². The highest BCUT2D eigenvalue weighted by atomic mass is 32.2. The molecule has 4 rings (SSSR count). The second-order valence-corrected chi connectivity index (χ2v) is 10.4. The van der Waals surface area contributed by atoms with E-state index in [4.69, 9.17) is 0 Å². The van der Waals surface area contributed by atoms with Crippen molar-refractivity contribution >= 4 is 21.6 Å². The number of benzene rings is 2. The van der Waals surface area contributed by atoms with Gasteiger partial charge in [0.05, 0.1) is 16.1 Å². The number of nitrogens with zero attached hydrogens (tertiary/aromatic N) is 3. The predicted molar refractivity (Wildman–Crippen MR) is 118 cm³/mol. The first-order valence-electron chi connectivity index (χ1n) is 11.0. The fourth-order valence-electron chi connectivity index (χ4n) is 4.46. The summed E-state index contributed by atoms with van der Waals surface area (Å²) in [7, 11) is -4.09. The summed E-state index contributed by atoms with van der Waals surface area (Å²) in [5.74, 6) is -0.728. The SMILES string of the molecule is O=C(C1CCN(S(=O)(=O)c2cccc(C(F)(F)F)c2)CC1)N1CCN(c2ccccc2F)CC1. The molecule has 0 aromatic heterocycles. The Kier molecular flexibility index (Phi) is 6.86. The third-order valence-electron chi connectivity index (χ3n) is 6.39. The van der Waals surface area contributed by atoms with Crippen molar-refractivity contribution in [1.82, 2.24) is 9.21 Å². The highest BCUT2D eigenvalue weighted by molar-refractivity contribution is 7.89. The average Bonchev–Trinajstić information content (AvgIpc) is 2.84. The van der Waals surface area contributed by atoms with E-state index in [1.807, 2.05) is 4.90 Å². The topological polar surface area (TPSA) is 60.9 Å². The summed E-state index contributed by atoms with van der Waals surface area (Å²) in [5, 5.41) is 0. The van der Waals surface area contributed by atoms with E-state index in [2.05, 4.69) is 0 Å². The number of carbonyl (C=O) groups excluding carboxylic acids is 1. The fourth-order valence-corrected chi connectivity index (χ4v) is 5.98. The molecule has 0 radical (unpaired) electrons. The number of halogens is 4. The molecule has 0 spiro atoms. The van der Waals surface area contributed by atoms with Crippen LogP contribution in [-0.4, -0.2) is 62.8 Å². The number of anilines is 1. The lowest BCUT2D eigenvalue weighted by Crippen LogP contribution is -2.52. The van der Waals surface area contributed by atoms with Crippen molar-refractivity contribution in [2.24, 2.45) is 5.92 Å². The predicted octanol–water partition coefficient (Wildman–Crippen LogP) is 3.59. The van der Waals surface area contributed by atoms with Crippen LogP contribution in [0.1, 0.15) is 18.4 Å². The molecule has 2 aliphatic rings. The first kappa shape index (κ1) is 24.5. The number of alkyl halides is 3. The van der Waals surface area contributed by atoms with Gasteiger partial charge in [-0.05, 0) is 43.2 Å². The van der Waals surface area contributed by atoms with Crippen LogP contribution in [0.5, 0.6) is 0 Å². The Hall–Kier alpha value is -2.66. The molecule has 0 aliphatic carbocycles. The smallest absolute Gasteiger partial charge is 0.366 e. The minimum absolute atomic E-state index is 0.0597. The van der Waals surface area contributed by atoms with Gasteiger partial charge < -0.3 is 9.80 Å². The molecule has 2 aromatic rings. The maximum atomic E-state index is 14.0. The third-order valence-corrected chi connectivity index (χ3v) is 8.28. The Balaban J connectivity index is 1.34. The zero-order valence-electron chi connectivity index (χ0n) is 18.3. The lowest BCUT2D eigenvalue weighted by Gasteiger charge is -2.39. The van der Waals surface area contributed by atoms with Crippen LogP contribution in [-0.2, 0) is 21.0 Å². The summed E-state index contributed by atoms with van der Waals surface area (Å²) in [6, 6.07) is 10.2. The van der Waals surface area contributed by atoms with Gasteiger partial charge in [0.25, 0.3) is 0 Å². The minimum atomic E-state index is -4.64. The van der Waals surface area contributed by atoms with E-state index >= 15 is 0 Å². The van der Waals surface area contributed by atoms with Gasteiger partial charge in [-0.3, -0.25) is 4.79 Å². The molecule has 6 nitrogen and oxygen atoms in total. The maximum absolute atomic E-state index is 14.0. The van der Waals surface area contributed by atoms with Crippen LogP contribution < -0.4 is 4.90 Å². The van der Waals surface area contributed by atoms with Crippen molar-refractivity contribution in [2.45, 2.75) is 23.9 Å². The number of carbonyl (C=O) groups is 1. The number of rotatable bonds is 4. The molecule has 2 fully saturated rings. The van der Waals surface area contributed by atoms with Crippen molar-refractivity contribution in [3.8, 4) is 0 Å². The summed E-state index contributed by atoms with van der Waals surface area (Å²) >= 11 is 0. The van der Waals surface area contributed by atoms with Crippen LogP contribution in [0, 0.1) is 11.7 Å². The van der Waals surface area contributed by atoms with Crippen LogP contribution in [0.25, 0.3) is 0 Å². The number of piperazine rings is 1. The molecule has 0 atom stereocenters. The number of hydrogen-bond acceptors (Lipinski definition) is 4. The van der Waals surface area contributed by atoms with Crippen LogP contribution >= 0.6 is 0 Å². The molecule has 2 aromatic carbocycles. The zero-order valence-corrected chi connectivity index (χ0v) is 19.2. The Morgan fingerprint density at radius 3 is 2.15 bits per heavy atom. The van der Waals surface area contributed by atoms with E-state index in [0.29, 0.717) is 50.8 Å². The highest BCUT2D eigenvalue weighted by Crippen LogP contribution is 2.32. The molecule has 0 saturated carbocycles. The van der Waals surface area contributed by atoms with E-state index in [1.54, 1.807) is 23.1 Å². The molecule has 1 amide bonds. The highest BCUT2D eigenvalue weighted by Gasteiger charge is 2.36. The maximum Gasteiger partial charge on any atom is 0.416 e. The van der Waals surface area contributed by atoms with E-state index in [-0.39, 0.29) is 30.7 Å². The van der Waals surface area contributed by atoms with Gasteiger partial charge in [0.1, 0.15) is 5.82 Å². The summed E-state index contributed by atoms with van der Waals surface area (Å²) in [4.78, 5) is 16.2. The Bertz CT molecular complexity index is 1140. The van der Waals surface area contributed by atoms with Gasteiger partial charge in [-0.15, -0.1) is 0 Å². The van der Waals surface area contributed by atoms with Crippen molar-refractivity contribution in [2.75, 3.05) is 44.2 Å². The molecule has 34 heavy (non-hydrogen) atoms. The van der Waals surface area contributed by atoms with Gasteiger partial charge in [-0.25, -0.2) is 12.8 Å². The Morgan fingerprint density at radius 1 is 0.882 bits per heavy atom. The zero-order chi connectivity index (χ0) is 24.5. The first-order chi connectivity index (χ1) is 16.1. The molecule has 2 saturated heterocycles. The van der Waals surface area contributed by atoms with Crippen LogP contribution in [0.2, 0.25) is 0 Å². The number of sulfonamides is 1. The van der Waals surface area contributed by atoms with Crippen LogP contribution in [0.15, 0.2) is 53.4 Å².